The van der Waals surface area contributed by atoms with Crippen molar-refractivity contribution in [2.24, 2.45) is 0 Å². The van der Waals surface area contributed by atoms with Crippen LogP contribution in [0, 0.1) is 0 Å². The van der Waals surface area contributed by atoms with Crippen molar-refractivity contribution in [3.05, 3.63) is 0 Å². The smallest absolute Gasteiger partial charge is 0.220 e. The fourth-order valence-electron chi connectivity index (χ4n) is 1.67. The van der Waals surface area contributed by atoms with E-state index in [9.17, 15) is 4.79 Å². The van der Waals surface area contributed by atoms with Crippen LogP contribution in [-0.4, -0.2) is 24.0 Å². The van der Waals surface area contributed by atoms with Gasteiger partial charge in [-0.2, -0.15) is 0 Å². The maximum Gasteiger partial charge on any atom is 0.220 e. The van der Waals surface area contributed by atoms with E-state index in [1.165, 1.54) is 0 Å². The van der Waals surface area contributed by atoms with E-state index in [4.69, 9.17) is 0 Å². The lowest BCUT2D eigenvalue weighted by atomic mass is 9.98. The molecule has 3 unspecified atom stereocenters. The van der Waals surface area contributed by atoms with Crippen LogP contribution in [0.2, 0.25) is 0 Å². The van der Waals surface area contributed by atoms with Gasteiger partial charge in [-0.15, -0.1) is 0 Å². The fourth-order valence-corrected chi connectivity index (χ4v) is 1.67. The molecule has 0 saturated carbocycles. The van der Waals surface area contributed by atoms with Crippen molar-refractivity contribution in [3.63, 3.8) is 0 Å². The second-order valence-corrected chi connectivity index (χ2v) is 3.98. The molecule has 0 spiro atoms. The molecule has 3 heteroatoms. The zero-order chi connectivity index (χ0) is 9.84. The molecule has 0 aromatic heterocycles. The van der Waals surface area contributed by atoms with Crippen LogP contribution in [0.25, 0.3) is 0 Å². The third kappa shape index (κ3) is 2.99. The molecule has 0 aliphatic carbocycles. The molecule has 0 aromatic rings. The van der Waals surface area contributed by atoms with Crippen molar-refractivity contribution < 1.29 is 4.79 Å². The number of hydrogen-bond acceptors (Lipinski definition) is 2. The topological polar surface area (TPSA) is 41.1 Å². The minimum Gasteiger partial charge on any atom is -0.352 e. The summed E-state index contributed by atoms with van der Waals surface area (Å²) in [5.74, 6) is 0.190. The number of nitrogens with one attached hydrogen (secondary N) is 2. The molecule has 3 nitrogen and oxygen atoms in total. The molecule has 76 valence electrons. The van der Waals surface area contributed by atoms with E-state index in [-0.39, 0.29) is 11.9 Å². The van der Waals surface area contributed by atoms with Gasteiger partial charge in [-0.1, -0.05) is 6.92 Å². The zero-order valence-electron chi connectivity index (χ0n) is 8.76. The number of hydrogen-bond donors (Lipinski definition) is 2. The van der Waals surface area contributed by atoms with Gasteiger partial charge in [-0.05, 0) is 26.7 Å². The lowest BCUT2D eigenvalue weighted by Gasteiger charge is -2.32. The molecule has 1 aliphatic rings. The van der Waals surface area contributed by atoms with Gasteiger partial charge in [0.1, 0.15) is 0 Å². The van der Waals surface area contributed by atoms with Gasteiger partial charge >= 0.3 is 0 Å². The minimum absolute atomic E-state index is 0.190. The van der Waals surface area contributed by atoms with Gasteiger partial charge in [0.15, 0.2) is 0 Å². The summed E-state index contributed by atoms with van der Waals surface area (Å²) in [5, 5.41) is 6.48. The predicted octanol–water partition coefficient (Wildman–Crippen LogP) is 1.04. The van der Waals surface area contributed by atoms with Gasteiger partial charge in [-0.3, -0.25) is 4.79 Å². The normalized spacial score (nSPS) is 31.2. The first-order valence-electron chi connectivity index (χ1n) is 5.19. The summed E-state index contributed by atoms with van der Waals surface area (Å²) in [4.78, 5) is 11.0. The molecular weight excluding hydrogens is 164 g/mol. The third-order valence-electron chi connectivity index (χ3n) is 2.79. The third-order valence-corrected chi connectivity index (χ3v) is 2.79. The van der Waals surface area contributed by atoms with Crippen LogP contribution in [-0.2, 0) is 4.79 Å². The van der Waals surface area contributed by atoms with E-state index in [0.717, 1.165) is 12.8 Å². The highest BCUT2D eigenvalue weighted by atomic mass is 16.1. The van der Waals surface area contributed by atoms with E-state index >= 15 is 0 Å². The second-order valence-electron chi connectivity index (χ2n) is 3.98. The van der Waals surface area contributed by atoms with Crippen LogP contribution in [0.5, 0.6) is 0 Å². The van der Waals surface area contributed by atoms with Crippen LogP contribution in [0.1, 0.15) is 40.0 Å². The summed E-state index contributed by atoms with van der Waals surface area (Å²) in [7, 11) is 0. The van der Waals surface area contributed by atoms with Crippen molar-refractivity contribution in [2.75, 3.05) is 0 Å². The number of carbonyl (C=O) groups excluding carboxylic acids is 1. The summed E-state index contributed by atoms with van der Waals surface area (Å²) >= 11 is 0. The summed E-state index contributed by atoms with van der Waals surface area (Å²) in [5.41, 5.74) is 0. The average Bonchev–Trinajstić information content (AvgIpc) is 2.09. The first kappa shape index (κ1) is 10.5. The predicted molar refractivity (Wildman–Crippen MR) is 53.5 cm³/mol. The van der Waals surface area contributed by atoms with E-state index in [1.807, 2.05) is 0 Å². The van der Waals surface area contributed by atoms with Crippen molar-refractivity contribution in [1.82, 2.24) is 10.6 Å². The molecule has 1 aliphatic heterocycles. The zero-order valence-corrected chi connectivity index (χ0v) is 8.76. The molecule has 0 aromatic carbocycles. The van der Waals surface area contributed by atoms with Crippen molar-refractivity contribution in [1.29, 1.82) is 0 Å². The van der Waals surface area contributed by atoms with Gasteiger partial charge in [0.05, 0.1) is 0 Å². The Hall–Kier alpha value is -0.570. The molecular formula is C10H20N2O. The first-order valence-corrected chi connectivity index (χ1v) is 5.19. The van der Waals surface area contributed by atoms with Crippen LogP contribution >= 0.6 is 0 Å². The monoisotopic (exact) mass is 184 g/mol. The number of amides is 1. The molecule has 3 atom stereocenters. The minimum atomic E-state index is 0.190. The summed E-state index contributed by atoms with van der Waals surface area (Å²) in [6, 6.07) is 1.27. The van der Waals surface area contributed by atoms with E-state index < -0.39 is 0 Å². The van der Waals surface area contributed by atoms with Crippen LogP contribution < -0.4 is 10.6 Å². The maximum atomic E-state index is 11.0. The first-order chi connectivity index (χ1) is 6.13. The van der Waals surface area contributed by atoms with Crippen LogP contribution in [0.15, 0.2) is 0 Å². The van der Waals surface area contributed by atoms with E-state index in [2.05, 4.69) is 31.4 Å². The Morgan fingerprint density at radius 3 is 2.92 bits per heavy atom. The molecule has 1 amide bonds. The highest BCUT2D eigenvalue weighted by Crippen LogP contribution is 2.10. The molecule has 1 fully saturated rings. The highest BCUT2D eigenvalue weighted by Gasteiger charge is 2.25. The fraction of sp³-hybridized carbons (Fsp3) is 0.900. The maximum absolute atomic E-state index is 11.0. The summed E-state index contributed by atoms with van der Waals surface area (Å²) in [6.07, 6.45) is 2.77. The van der Waals surface area contributed by atoms with Gasteiger partial charge < -0.3 is 10.6 Å². The lowest BCUT2D eigenvalue weighted by molar-refractivity contribution is -0.123. The van der Waals surface area contributed by atoms with Gasteiger partial charge in [0.2, 0.25) is 5.91 Å². The number of carbonyl (C=O) groups is 1. The molecule has 1 heterocycles. The molecule has 1 rings (SSSR count). The Bertz CT molecular complexity index is 182. The van der Waals surface area contributed by atoms with E-state index in [1.54, 1.807) is 0 Å². The second kappa shape index (κ2) is 4.61. The van der Waals surface area contributed by atoms with Crippen molar-refractivity contribution in [3.8, 4) is 0 Å². The number of rotatable bonds is 3. The Labute approximate surface area is 80.3 Å². The quantitative estimate of drug-likeness (QED) is 0.688. The molecule has 2 N–H and O–H groups in total. The van der Waals surface area contributed by atoms with Crippen LogP contribution in [0.4, 0.5) is 0 Å². The Morgan fingerprint density at radius 1 is 1.69 bits per heavy atom. The largest absolute Gasteiger partial charge is 0.352 e. The summed E-state index contributed by atoms with van der Waals surface area (Å²) in [6.45, 7) is 6.42. The average molecular weight is 184 g/mol. The molecule has 13 heavy (non-hydrogen) atoms. The van der Waals surface area contributed by atoms with E-state index in [0.29, 0.717) is 18.5 Å². The van der Waals surface area contributed by atoms with Crippen molar-refractivity contribution >= 4 is 5.91 Å². The van der Waals surface area contributed by atoms with Gasteiger partial charge in [-0.25, -0.2) is 0 Å². The van der Waals surface area contributed by atoms with Crippen LogP contribution in [0.3, 0.4) is 0 Å². The molecule has 1 saturated heterocycles. The lowest BCUT2D eigenvalue weighted by Crippen LogP contribution is -2.54. The molecule has 0 bridgehead atoms. The van der Waals surface area contributed by atoms with Gasteiger partial charge in [0.25, 0.3) is 0 Å². The SMILES string of the molecule is CCC(C)NC1CCC(=O)NC1C. The standard InChI is InChI=1S/C10H20N2O/c1-4-7(2)11-9-5-6-10(13)12-8(9)3/h7-9,11H,4-6H2,1-3H3,(H,12,13). The Balaban J connectivity index is 2.37. The van der Waals surface area contributed by atoms with Crippen molar-refractivity contribution in [2.45, 2.75) is 58.2 Å². The molecule has 0 radical (unpaired) electrons. The number of piperidine rings is 1. The Morgan fingerprint density at radius 2 is 2.38 bits per heavy atom. The Kier molecular flexibility index (Phi) is 3.72. The summed E-state index contributed by atoms with van der Waals surface area (Å²) < 4.78 is 0. The van der Waals surface area contributed by atoms with Gasteiger partial charge in [0, 0.05) is 24.5 Å². The highest BCUT2D eigenvalue weighted by molar-refractivity contribution is 5.77.